The predicted molar refractivity (Wildman–Crippen MR) is 69.9 cm³/mol. The molecule has 0 bridgehead atoms. The summed E-state index contributed by atoms with van der Waals surface area (Å²) in [6.45, 7) is 1.87. The number of aliphatic hydroxyl groups is 1. The molecule has 0 aliphatic heterocycles. The second-order valence-corrected chi connectivity index (χ2v) is 4.45. The van der Waals surface area contributed by atoms with Crippen LogP contribution in [0.1, 0.15) is 30.9 Å². The molecule has 0 spiro atoms. The van der Waals surface area contributed by atoms with Crippen LogP contribution in [-0.2, 0) is 4.74 Å². The fourth-order valence-electron chi connectivity index (χ4n) is 1.75. The normalized spacial score (nSPS) is 12.6. The monoisotopic (exact) mass is 273 g/mol. The van der Waals surface area contributed by atoms with Gasteiger partial charge >= 0.3 is 0 Å². The minimum absolute atomic E-state index is 0.329. The molecule has 0 amide bonds. The third kappa shape index (κ3) is 6.09. The fourth-order valence-corrected chi connectivity index (χ4v) is 1.75. The first-order chi connectivity index (χ1) is 9.15. The maximum Gasteiger partial charge on any atom is 0.159 e. The molecule has 0 aliphatic rings. The van der Waals surface area contributed by atoms with Crippen LogP contribution in [0.25, 0.3) is 0 Å². The topological polar surface area (TPSA) is 41.5 Å². The van der Waals surface area contributed by atoms with Crippen LogP contribution in [0.3, 0.4) is 0 Å². The molecule has 1 aromatic rings. The second-order valence-electron chi connectivity index (χ2n) is 4.45. The Balaban J connectivity index is 2.20. The van der Waals surface area contributed by atoms with Crippen molar-refractivity contribution in [2.75, 3.05) is 26.8 Å². The molecule has 2 N–H and O–H groups in total. The third-order valence-corrected chi connectivity index (χ3v) is 2.87. The molecule has 1 rings (SSSR count). The van der Waals surface area contributed by atoms with E-state index < -0.39 is 17.7 Å². The lowest BCUT2D eigenvalue weighted by Gasteiger charge is -2.12. The molecule has 0 saturated carbocycles. The van der Waals surface area contributed by atoms with Crippen molar-refractivity contribution in [3.05, 3.63) is 35.4 Å². The molecule has 1 aromatic carbocycles. The van der Waals surface area contributed by atoms with Crippen LogP contribution in [0.2, 0.25) is 0 Å². The molecule has 0 saturated heterocycles. The zero-order valence-corrected chi connectivity index (χ0v) is 11.2. The smallest absolute Gasteiger partial charge is 0.159 e. The van der Waals surface area contributed by atoms with Crippen molar-refractivity contribution in [3.63, 3.8) is 0 Å². The lowest BCUT2D eigenvalue weighted by Crippen LogP contribution is -2.22. The molecule has 0 radical (unpaired) electrons. The number of methoxy groups -OCH3 is 1. The Morgan fingerprint density at radius 2 is 2.00 bits per heavy atom. The highest BCUT2D eigenvalue weighted by Gasteiger charge is 2.10. The number of nitrogens with one attached hydrogen (secondary N) is 1. The largest absolute Gasteiger partial charge is 0.387 e. The number of aliphatic hydroxyl groups excluding tert-OH is 1. The highest BCUT2D eigenvalue weighted by molar-refractivity contribution is 5.20. The first-order valence-electron chi connectivity index (χ1n) is 6.48. The SMILES string of the molecule is COCCCCCNCC(O)c1ccc(F)c(F)c1. The second kappa shape index (κ2) is 8.96. The van der Waals surface area contributed by atoms with E-state index in [1.807, 2.05) is 0 Å². The standard InChI is InChI=1S/C14H21F2NO2/c1-19-8-4-2-3-7-17-10-14(18)11-5-6-12(15)13(16)9-11/h5-6,9,14,17-18H,2-4,7-8,10H2,1H3. The molecule has 1 atom stereocenters. The number of hydrogen-bond donors (Lipinski definition) is 2. The van der Waals surface area contributed by atoms with Gasteiger partial charge in [0.15, 0.2) is 11.6 Å². The van der Waals surface area contributed by atoms with Gasteiger partial charge in [-0.05, 0) is 43.5 Å². The average molecular weight is 273 g/mol. The number of benzene rings is 1. The van der Waals surface area contributed by atoms with E-state index >= 15 is 0 Å². The van der Waals surface area contributed by atoms with E-state index in [1.54, 1.807) is 7.11 Å². The van der Waals surface area contributed by atoms with Crippen molar-refractivity contribution in [1.82, 2.24) is 5.32 Å². The van der Waals surface area contributed by atoms with Crippen molar-refractivity contribution in [2.45, 2.75) is 25.4 Å². The minimum atomic E-state index is -0.934. The van der Waals surface area contributed by atoms with Gasteiger partial charge in [0, 0.05) is 20.3 Å². The number of unbranched alkanes of at least 4 members (excludes halogenated alkanes) is 2. The fraction of sp³-hybridized carbons (Fsp3) is 0.571. The molecule has 1 unspecified atom stereocenters. The Morgan fingerprint density at radius 3 is 2.68 bits per heavy atom. The van der Waals surface area contributed by atoms with E-state index in [0.717, 1.165) is 44.5 Å². The molecule has 19 heavy (non-hydrogen) atoms. The summed E-state index contributed by atoms with van der Waals surface area (Å²) < 4.78 is 30.7. The van der Waals surface area contributed by atoms with Gasteiger partial charge in [-0.3, -0.25) is 0 Å². The highest BCUT2D eigenvalue weighted by atomic mass is 19.2. The van der Waals surface area contributed by atoms with Crippen molar-refractivity contribution in [1.29, 1.82) is 0 Å². The lowest BCUT2D eigenvalue weighted by atomic mass is 10.1. The number of hydrogen-bond acceptors (Lipinski definition) is 3. The van der Waals surface area contributed by atoms with Crippen LogP contribution in [0, 0.1) is 11.6 Å². The van der Waals surface area contributed by atoms with Crippen LogP contribution in [-0.4, -0.2) is 31.9 Å². The third-order valence-electron chi connectivity index (χ3n) is 2.87. The van der Waals surface area contributed by atoms with Crippen molar-refractivity contribution >= 4 is 0 Å². The highest BCUT2D eigenvalue weighted by Crippen LogP contribution is 2.15. The van der Waals surface area contributed by atoms with Crippen LogP contribution in [0.4, 0.5) is 8.78 Å². The molecule has 0 aromatic heterocycles. The van der Waals surface area contributed by atoms with E-state index in [0.29, 0.717) is 12.1 Å². The Labute approximate surface area is 112 Å². The van der Waals surface area contributed by atoms with Crippen molar-refractivity contribution < 1.29 is 18.6 Å². The molecule has 0 aliphatic carbocycles. The van der Waals surface area contributed by atoms with Gasteiger partial charge in [0.25, 0.3) is 0 Å². The summed E-state index contributed by atoms with van der Waals surface area (Å²) in [6.07, 6.45) is 2.24. The Bertz CT molecular complexity index is 374. The van der Waals surface area contributed by atoms with Crippen LogP contribution < -0.4 is 5.32 Å². The molecule has 3 nitrogen and oxygen atoms in total. The molecule has 0 heterocycles. The maximum atomic E-state index is 13.0. The zero-order chi connectivity index (χ0) is 14.1. The van der Waals surface area contributed by atoms with E-state index in [1.165, 1.54) is 6.07 Å². The molecule has 108 valence electrons. The Kier molecular flexibility index (Phi) is 7.55. The van der Waals surface area contributed by atoms with Crippen LogP contribution in [0.5, 0.6) is 0 Å². The van der Waals surface area contributed by atoms with Gasteiger partial charge in [0.05, 0.1) is 6.10 Å². The summed E-state index contributed by atoms with van der Waals surface area (Å²) in [4.78, 5) is 0. The van der Waals surface area contributed by atoms with Gasteiger partial charge in [-0.25, -0.2) is 8.78 Å². The lowest BCUT2D eigenvalue weighted by molar-refractivity contribution is 0.173. The first-order valence-corrected chi connectivity index (χ1v) is 6.48. The Hall–Kier alpha value is -1.04. The summed E-state index contributed by atoms with van der Waals surface area (Å²) in [5.41, 5.74) is 0.380. The van der Waals surface area contributed by atoms with E-state index in [-0.39, 0.29) is 0 Å². The summed E-state index contributed by atoms with van der Waals surface area (Å²) >= 11 is 0. The Morgan fingerprint density at radius 1 is 1.21 bits per heavy atom. The van der Waals surface area contributed by atoms with E-state index in [2.05, 4.69) is 5.32 Å². The van der Waals surface area contributed by atoms with Gasteiger partial charge < -0.3 is 15.2 Å². The van der Waals surface area contributed by atoms with Crippen LogP contribution in [0.15, 0.2) is 18.2 Å². The van der Waals surface area contributed by atoms with Gasteiger partial charge in [-0.15, -0.1) is 0 Å². The van der Waals surface area contributed by atoms with Gasteiger partial charge in [0.1, 0.15) is 0 Å². The summed E-state index contributed by atoms with van der Waals surface area (Å²) in [5.74, 6) is -1.84. The van der Waals surface area contributed by atoms with Crippen molar-refractivity contribution in [3.8, 4) is 0 Å². The molecule has 5 heteroatoms. The minimum Gasteiger partial charge on any atom is -0.387 e. The quantitative estimate of drug-likeness (QED) is 0.679. The summed E-state index contributed by atoms with van der Waals surface area (Å²) in [7, 11) is 1.68. The van der Waals surface area contributed by atoms with E-state index in [4.69, 9.17) is 4.74 Å². The number of rotatable bonds is 9. The number of ether oxygens (including phenoxy) is 1. The molecule has 0 fully saturated rings. The van der Waals surface area contributed by atoms with E-state index in [9.17, 15) is 13.9 Å². The first kappa shape index (κ1) is 16.0. The number of halogens is 2. The van der Waals surface area contributed by atoms with Gasteiger partial charge in [-0.1, -0.05) is 6.07 Å². The van der Waals surface area contributed by atoms with Crippen molar-refractivity contribution in [2.24, 2.45) is 0 Å². The summed E-state index contributed by atoms with van der Waals surface area (Å²) in [5, 5.41) is 12.9. The van der Waals surface area contributed by atoms with Gasteiger partial charge in [-0.2, -0.15) is 0 Å². The van der Waals surface area contributed by atoms with Crippen LogP contribution >= 0.6 is 0 Å². The average Bonchev–Trinajstić information content (AvgIpc) is 2.40. The summed E-state index contributed by atoms with van der Waals surface area (Å²) in [6, 6.07) is 3.45. The molecular formula is C14H21F2NO2. The van der Waals surface area contributed by atoms with Gasteiger partial charge in [0.2, 0.25) is 0 Å². The predicted octanol–water partition coefficient (Wildman–Crippen LogP) is 2.40. The zero-order valence-electron chi connectivity index (χ0n) is 11.2. The molecular weight excluding hydrogens is 252 g/mol. The maximum absolute atomic E-state index is 13.0.